The number of hydrogen-bond acceptors (Lipinski definition) is 5. The number of carbonyl (C=O) groups excluding carboxylic acids is 1. The van der Waals surface area contributed by atoms with Gasteiger partial charge in [-0.1, -0.05) is 41.4 Å². The lowest BCUT2D eigenvalue weighted by Crippen LogP contribution is -2.24. The number of halogens is 6. The smallest absolute Gasteiger partial charge is 0.204 e. The van der Waals surface area contributed by atoms with Gasteiger partial charge < -0.3 is 24.7 Å². The summed E-state index contributed by atoms with van der Waals surface area (Å²) >= 11 is 12.5. The van der Waals surface area contributed by atoms with E-state index in [4.69, 9.17) is 27.9 Å². The minimum atomic E-state index is -1.69. The van der Waals surface area contributed by atoms with Gasteiger partial charge in [-0.2, -0.15) is 8.78 Å². The molecule has 3 aromatic rings. The van der Waals surface area contributed by atoms with Crippen LogP contribution in [0.4, 0.5) is 28.9 Å². The summed E-state index contributed by atoms with van der Waals surface area (Å²) in [5, 5.41) is 13.9. The number of anilines is 2. The maximum Gasteiger partial charge on any atom is 0.204 e. The van der Waals surface area contributed by atoms with Crippen LogP contribution in [0.3, 0.4) is 0 Å². The van der Waals surface area contributed by atoms with Crippen LogP contribution in [0.15, 0.2) is 36.4 Å². The summed E-state index contributed by atoms with van der Waals surface area (Å²) in [6, 6.07) is 9.06. The summed E-state index contributed by atoms with van der Waals surface area (Å²) in [7, 11) is 0. The van der Waals surface area contributed by atoms with Crippen molar-refractivity contribution in [3.63, 3.8) is 0 Å². The van der Waals surface area contributed by atoms with E-state index >= 15 is 0 Å². The van der Waals surface area contributed by atoms with E-state index < -0.39 is 47.2 Å². The highest BCUT2D eigenvalue weighted by Crippen LogP contribution is 2.41. The summed E-state index contributed by atoms with van der Waals surface area (Å²) in [5.74, 6) is -9.28. The highest BCUT2D eigenvalue weighted by molar-refractivity contribution is 6.40. The number of carbonyl (C=O) groups is 1. The van der Waals surface area contributed by atoms with Crippen molar-refractivity contribution in [3.05, 3.63) is 80.8 Å². The molecular weight excluding hydrogens is 501 g/mol. The molecule has 0 bridgehead atoms. The zero-order chi connectivity index (χ0) is 25.0. The van der Waals surface area contributed by atoms with Gasteiger partial charge in [0, 0.05) is 18.1 Å². The fourth-order valence-corrected chi connectivity index (χ4v) is 3.57. The van der Waals surface area contributed by atoms with E-state index in [1.54, 1.807) is 24.3 Å². The molecular formula is C23H16Cl2F4NO4-. The SMILES string of the molecule is CCOc1c(F)c(F)c(COc2ccc(Cl)c(Nc3ccccc3CC(=O)[O-])c2Cl)c(F)c1F. The Kier molecular flexibility index (Phi) is 8.11. The van der Waals surface area contributed by atoms with E-state index in [1.807, 2.05) is 0 Å². The largest absolute Gasteiger partial charge is 0.550 e. The predicted octanol–water partition coefficient (Wildman–Crippen LogP) is 5.56. The molecule has 0 fully saturated rings. The van der Waals surface area contributed by atoms with Crippen molar-refractivity contribution in [2.45, 2.75) is 20.0 Å². The maximum atomic E-state index is 14.3. The van der Waals surface area contributed by atoms with Crippen LogP contribution < -0.4 is 19.9 Å². The number of carboxylic acids is 1. The van der Waals surface area contributed by atoms with Gasteiger partial charge in [0.2, 0.25) is 11.6 Å². The molecule has 0 aliphatic rings. The molecule has 0 amide bonds. The molecule has 0 radical (unpaired) electrons. The van der Waals surface area contributed by atoms with Gasteiger partial charge in [0.15, 0.2) is 17.4 Å². The summed E-state index contributed by atoms with van der Waals surface area (Å²) in [4.78, 5) is 11.0. The molecule has 11 heteroatoms. The molecule has 0 aliphatic heterocycles. The highest BCUT2D eigenvalue weighted by atomic mass is 35.5. The molecule has 34 heavy (non-hydrogen) atoms. The minimum absolute atomic E-state index is 0.108. The van der Waals surface area contributed by atoms with Crippen molar-refractivity contribution in [1.29, 1.82) is 0 Å². The molecule has 5 nitrogen and oxygen atoms in total. The van der Waals surface area contributed by atoms with Gasteiger partial charge in [0.05, 0.1) is 22.9 Å². The fraction of sp³-hybridized carbons (Fsp3) is 0.174. The first-order valence-corrected chi connectivity index (χ1v) is 10.5. The van der Waals surface area contributed by atoms with Crippen LogP contribution in [0, 0.1) is 23.3 Å². The number of ether oxygens (including phenoxy) is 2. The first-order valence-electron chi connectivity index (χ1n) is 9.78. The Morgan fingerprint density at radius 2 is 1.62 bits per heavy atom. The summed E-state index contributed by atoms with van der Waals surface area (Å²) in [5.41, 5.74) is -0.152. The second kappa shape index (κ2) is 10.8. The molecule has 0 saturated carbocycles. The van der Waals surface area contributed by atoms with Crippen LogP contribution in [-0.4, -0.2) is 12.6 Å². The Morgan fingerprint density at radius 1 is 0.971 bits per heavy atom. The Hall–Kier alpha value is -3.17. The molecule has 1 N–H and O–H groups in total. The van der Waals surface area contributed by atoms with E-state index in [1.165, 1.54) is 19.1 Å². The molecule has 0 aromatic heterocycles. The van der Waals surface area contributed by atoms with Crippen LogP contribution >= 0.6 is 23.2 Å². The molecule has 0 aliphatic carbocycles. The van der Waals surface area contributed by atoms with Crippen molar-refractivity contribution < 1.29 is 36.9 Å². The second-order valence-corrected chi connectivity index (χ2v) is 7.64. The third kappa shape index (κ3) is 5.31. The van der Waals surface area contributed by atoms with Crippen LogP contribution in [0.25, 0.3) is 0 Å². The number of benzene rings is 3. The molecule has 3 rings (SSSR count). The van der Waals surface area contributed by atoms with Crippen molar-refractivity contribution in [1.82, 2.24) is 0 Å². The normalized spacial score (nSPS) is 10.8. The lowest BCUT2D eigenvalue weighted by Gasteiger charge is -2.17. The summed E-state index contributed by atoms with van der Waals surface area (Å²) in [6.45, 7) is 0.293. The molecule has 0 heterocycles. The molecule has 0 atom stereocenters. The predicted molar refractivity (Wildman–Crippen MR) is 117 cm³/mol. The van der Waals surface area contributed by atoms with Gasteiger partial charge >= 0.3 is 0 Å². The van der Waals surface area contributed by atoms with E-state index in [0.717, 1.165) is 0 Å². The van der Waals surface area contributed by atoms with E-state index in [2.05, 4.69) is 10.1 Å². The van der Waals surface area contributed by atoms with Crippen molar-refractivity contribution >= 4 is 40.5 Å². The van der Waals surface area contributed by atoms with Crippen LogP contribution in [0.2, 0.25) is 10.0 Å². The third-order valence-electron chi connectivity index (χ3n) is 4.64. The molecule has 180 valence electrons. The lowest BCUT2D eigenvalue weighted by molar-refractivity contribution is -0.304. The lowest BCUT2D eigenvalue weighted by atomic mass is 10.1. The minimum Gasteiger partial charge on any atom is -0.550 e. The first-order chi connectivity index (χ1) is 16.1. The van der Waals surface area contributed by atoms with Crippen LogP contribution in [-0.2, 0) is 17.8 Å². The van der Waals surface area contributed by atoms with Crippen LogP contribution in [0.1, 0.15) is 18.1 Å². The quantitative estimate of drug-likeness (QED) is 0.297. The molecule has 3 aromatic carbocycles. The number of hydrogen-bond donors (Lipinski definition) is 1. The van der Waals surface area contributed by atoms with Gasteiger partial charge in [-0.05, 0) is 30.7 Å². The van der Waals surface area contributed by atoms with Crippen molar-refractivity contribution in [3.8, 4) is 11.5 Å². The van der Waals surface area contributed by atoms with E-state index in [-0.39, 0.29) is 34.5 Å². The van der Waals surface area contributed by atoms with Gasteiger partial charge in [0.25, 0.3) is 0 Å². The Bertz CT molecular complexity index is 1210. The molecule has 0 unspecified atom stereocenters. The number of aliphatic carboxylic acids is 1. The maximum absolute atomic E-state index is 14.3. The summed E-state index contributed by atoms with van der Waals surface area (Å²) < 4.78 is 66.9. The third-order valence-corrected chi connectivity index (χ3v) is 5.33. The molecule has 0 saturated heterocycles. The monoisotopic (exact) mass is 516 g/mol. The Balaban J connectivity index is 1.91. The second-order valence-electron chi connectivity index (χ2n) is 6.85. The highest BCUT2D eigenvalue weighted by Gasteiger charge is 2.27. The van der Waals surface area contributed by atoms with Gasteiger partial charge in [-0.3, -0.25) is 0 Å². The first kappa shape index (κ1) is 25.5. The van der Waals surface area contributed by atoms with E-state index in [0.29, 0.717) is 11.3 Å². The zero-order valence-corrected chi connectivity index (χ0v) is 19.0. The number of nitrogens with one attached hydrogen (secondary N) is 1. The average Bonchev–Trinajstić information content (AvgIpc) is 2.80. The number of carboxylic acid groups (broad SMARTS) is 1. The van der Waals surface area contributed by atoms with Crippen LogP contribution in [0.5, 0.6) is 11.5 Å². The van der Waals surface area contributed by atoms with Gasteiger partial charge in [-0.25, -0.2) is 8.78 Å². The standard InChI is InChI=1S/C23H17Cl2F4NO4/c1-2-33-23-20(28)18(26)12(19(27)21(23)29)10-34-15-8-7-13(24)22(17(15)25)30-14-6-4-3-5-11(14)9-16(31)32/h3-8,30H,2,9-10H2,1H3,(H,31,32)/p-1. The average molecular weight is 517 g/mol. The van der Waals surface area contributed by atoms with Crippen molar-refractivity contribution in [2.24, 2.45) is 0 Å². The van der Waals surface area contributed by atoms with Gasteiger partial charge in [-0.15, -0.1) is 0 Å². The topological polar surface area (TPSA) is 70.6 Å². The summed E-state index contributed by atoms with van der Waals surface area (Å²) in [6.07, 6.45) is -0.387. The zero-order valence-electron chi connectivity index (χ0n) is 17.5. The van der Waals surface area contributed by atoms with Gasteiger partial charge in [0.1, 0.15) is 17.4 Å². The fourth-order valence-electron chi connectivity index (χ4n) is 3.05. The van der Waals surface area contributed by atoms with E-state index in [9.17, 15) is 27.5 Å². The van der Waals surface area contributed by atoms with Crippen molar-refractivity contribution in [2.75, 3.05) is 11.9 Å². The number of rotatable bonds is 9. The number of para-hydroxylation sites is 1. The Labute approximate surface area is 201 Å². The Morgan fingerprint density at radius 3 is 2.24 bits per heavy atom. The molecule has 0 spiro atoms.